The van der Waals surface area contributed by atoms with E-state index in [9.17, 15) is 10.1 Å². The molecule has 8 heteroatoms. The van der Waals surface area contributed by atoms with E-state index in [0.717, 1.165) is 20.1 Å². The molecule has 0 amide bonds. The molecule has 0 radical (unpaired) electrons. The van der Waals surface area contributed by atoms with Crippen LogP contribution in [0, 0.1) is 10.1 Å². The van der Waals surface area contributed by atoms with Gasteiger partial charge in [-0.25, -0.2) is 0 Å². The summed E-state index contributed by atoms with van der Waals surface area (Å²) in [5.41, 5.74) is 2.23. The smallest absolute Gasteiger partial charge is 0.269 e. The summed E-state index contributed by atoms with van der Waals surface area (Å²) in [6.07, 6.45) is 1.65. The first-order valence-corrected chi connectivity index (χ1v) is 10.0. The van der Waals surface area contributed by atoms with Gasteiger partial charge in [-0.15, -0.1) is 0 Å². The van der Waals surface area contributed by atoms with E-state index in [-0.39, 0.29) is 5.69 Å². The summed E-state index contributed by atoms with van der Waals surface area (Å²) < 4.78 is 7.62. The molecule has 3 rings (SSSR count). The zero-order valence-electron chi connectivity index (χ0n) is 14.3. The predicted octanol–water partition coefficient (Wildman–Crippen LogP) is 7.10. The van der Waals surface area contributed by atoms with Crippen LogP contribution in [0.4, 0.5) is 11.4 Å². The Labute approximate surface area is 183 Å². The molecule has 0 aliphatic carbocycles. The van der Waals surface area contributed by atoms with Crippen LogP contribution in [0.3, 0.4) is 0 Å². The summed E-state index contributed by atoms with van der Waals surface area (Å²) in [6, 6.07) is 17.2. The van der Waals surface area contributed by atoms with E-state index in [1.54, 1.807) is 18.3 Å². The lowest BCUT2D eigenvalue weighted by molar-refractivity contribution is -0.384. The third kappa shape index (κ3) is 5.19. The summed E-state index contributed by atoms with van der Waals surface area (Å²) in [5, 5.41) is 11.4. The van der Waals surface area contributed by atoms with E-state index in [2.05, 4.69) is 36.9 Å². The van der Waals surface area contributed by atoms with E-state index in [1.807, 2.05) is 36.4 Å². The molecule has 0 aromatic heterocycles. The zero-order chi connectivity index (χ0) is 20.1. The maximum Gasteiger partial charge on any atom is 0.269 e. The molecule has 0 atom stereocenters. The maximum atomic E-state index is 10.8. The minimum atomic E-state index is -0.445. The molecule has 3 aromatic carbocycles. The number of nitro benzene ring substituents is 1. The lowest BCUT2D eigenvalue weighted by Gasteiger charge is -2.13. The highest BCUT2D eigenvalue weighted by molar-refractivity contribution is 9.11. The number of halogens is 3. The van der Waals surface area contributed by atoms with Crippen LogP contribution in [0.5, 0.6) is 5.75 Å². The van der Waals surface area contributed by atoms with E-state index < -0.39 is 4.92 Å². The minimum Gasteiger partial charge on any atom is -0.487 e. The quantitative estimate of drug-likeness (QED) is 0.196. The number of hydrogen-bond acceptors (Lipinski definition) is 4. The van der Waals surface area contributed by atoms with E-state index in [0.29, 0.717) is 23.1 Å². The van der Waals surface area contributed by atoms with Crippen molar-refractivity contribution in [2.45, 2.75) is 6.61 Å². The molecule has 0 bridgehead atoms. The van der Waals surface area contributed by atoms with Gasteiger partial charge in [0.2, 0.25) is 0 Å². The number of nitro groups is 1. The van der Waals surface area contributed by atoms with Crippen molar-refractivity contribution in [1.29, 1.82) is 0 Å². The molecule has 0 heterocycles. The topological polar surface area (TPSA) is 64.7 Å². The van der Waals surface area contributed by atoms with Crippen LogP contribution in [0.2, 0.25) is 5.02 Å². The van der Waals surface area contributed by atoms with Crippen LogP contribution in [-0.4, -0.2) is 11.1 Å². The summed E-state index contributed by atoms with van der Waals surface area (Å²) in [7, 11) is 0. The third-order valence-electron chi connectivity index (χ3n) is 3.78. The minimum absolute atomic E-state index is 0.0212. The van der Waals surface area contributed by atoms with Gasteiger partial charge < -0.3 is 4.74 Å². The highest BCUT2D eigenvalue weighted by Crippen LogP contribution is 2.33. The maximum absolute atomic E-state index is 10.8. The molecule has 5 nitrogen and oxygen atoms in total. The predicted molar refractivity (Wildman–Crippen MR) is 118 cm³/mol. The molecule has 0 spiro atoms. The Morgan fingerprint density at radius 3 is 2.50 bits per heavy atom. The number of benzene rings is 3. The van der Waals surface area contributed by atoms with Crippen molar-refractivity contribution < 1.29 is 9.66 Å². The summed E-state index contributed by atoms with van der Waals surface area (Å²) >= 11 is 13.2. The van der Waals surface area contributed by atoms with Gasteiger partial charge in [0, 0.05) is 39.0 Å². The third-order valence-corrected chi connectivity index (χ3v) is 5.20. The van der Waals surface area contributed by atoms with E-state index in [1.165, 1.54) is 12.1 Å². The average Bonchev–Trinajstić information content (AvgIpc) is 2.67. The normalized spacial score (nSPS) is 11.0. The number of rotatable bonds is 6. The van der Waals surface area contributed by atoms with Crippen molar-refractivity contribution in [3.8, 4) is 5.75 Å². The second kappa shape index (κ2) is 9.32. The lowest BCUT2D eigenvalue weighted by Crippen LogP contribution is -2.00. The Balaban J connectivity index is 1.85. The SMILES string of the molecule is O=[N+]([O-])c1ccc(N=Cc2cc(Br)cc(Br)c2OCc2ccccc2Cl)cc1. The molecule has 0 N–H and O–H groups in total. The molecule has 28 heavy (non-hydrogen) atoms. The van der Waals surface area contributed by atoms with Crippen molar-refractivity contribution in [1.82, 2.24) is 0 Å². The Morgan fingerprint density at radius 2 is 1.82 bits per heavy atom. The zero-order valence-corrected chi connectivity index (χ0v) is 18.2. The largest absolute Gasteiger partial charge is 0.487 e. The van der Waals surface area contributed by atoms with Crippen LogP contribution < -0.4 is 4.74 Å². The van der Waals surface area contributed by atoms with Gasteiger partial charge in [-0.1, -0.05) is 45.7 Å². The van der Waals surface area contributed by atoms with Crippen LogP contribution >= 0.6 is 43.5 Å². The Kier molecular flexibility index (Phi) is 6.83. The molecular formula is C20H13Br2ClN2O3. The Morgan fingerprint density at radius 1 is 1.11 bits per heavy atom. The number of hydrogen-bond donors (Lipinski definition) is 0. The molecule has 0 saturated heterocycles. The van der Waals surface area contributed by atoms with Crippen LogP contribution in [0.15, 0.2) is 74.6 Å². The van der Waals surface area contributed by atoms with Gasteiger partial charge in [0.15, 0.2) is 0 Å². The standard InChI is InChI=1S/C20H13Br2ClN2O3/c21-15-9-14(11-24-16-5-7-17(8-6-16)25(26)27)20(18(22)10-15)28-12-13-3-1-2-4-19(13)23/h1-11H,12H2. The first-order chi connectivity index (χ1) is 13.4. The Bertz CT molecular complexity index is 1040. The van der Waals surface area contributed by atoms with Crippen LogP contribution in [0.25, 0.3) is 0 Å². The fourth-order valence-electron chi connectivity index (χ4n) is 2.40. The molecule has 142 valence electrons. The molecule has 0 aliphatic heterocycles. The van der Waals surface area contributed by atoms with Gasteiger partial charge in [-0.05, 0) is 46.3 Å². The van der Waals surface area contributed by atoms with Crippen LogP contribution in [-0.2, 0) is 6.61 Å². The van der Waals surface area contributed by atoms with Crippen molar-refractivity contribution in [2.75, 3.05) is 0 Å². The van der Waals surface area contributed by atoms with Crippen LogP contribution in [0.1, 0.15) is 11.1 Å². The van der Waals surface area contributed by atoms with Gasteiger partial charge in [-0.3, -0.25) is 15.1 Å². The fourth-order valence-corrected chi connectivity index (χ4v) is 3.96. The number of nitrogens with zero attached hydrogens (tertiary/aromatic N) is 2. The van der Waals surface area contributed by atoms with Crippen molar-refractivity contribution >= 4 is 61.1 Å². The highest BCUT2D eigenvalue weighted by Gasteiger charge is 2.11. The van der Waals surface area contributed by atoms with E-state index in [4.69, 9.17) is 16.3 Å². The first-order valence-electron chi connectivity index (χ1n) is 8.08. The van der Waals surface area contributed by atoms with Gasteiger partial charge in [-0.2, -0.15) is 0 Å². The molecule has 0 unspecified atom stereocenters. The molecule has 0 aliphatic rings. The number of non-ortho nitro benzene ring substituents is 1. The van der Waals surface area contributed by atoms with Crippen molar-refractivity contribution in [3.63, 3.8) is 0 Å². The summed E-state index contributed by atoms with van der Waals surface area (Å²) in [5.74, 6) is 0.619. The first kappa shape index (κ1) is 20.5. The second-order valence-electron chi connectivity index (χ2n) is 5.72. The van der Waals surface area contributed by atoms with Gasteiger partial charge in [0.05, 0.1) is 15.1 Å². The monoisotopic (exact) mass is 522 g/mol. The molecular weight excluding hydrogens is 511 g/mol. The number of aliphatic imine (C=N–C) groups is 1. The lowest BCUT2D eigenvalue weighted by atomic mass is 10.2. The Hall–Kier alpha value is -2.22. The average molecular weight is 525 g/mol. The molecule has 0 fully saturated rings. The molecule has 3 aromatic rings. The summed E-state index contributed by atoms with van der Waals surface area (Å²) in [4.78, 5) is 14.7. The van der Waals surface area contributed by atoms with Crippen molar-refractivity contribution in [3.05, 3.63) is 95.9 Å². The second-order valence-corrected chi connectivity index (χ2v) is 7.89. The van der Waals surface area contributed by atoms with Gasteiger partial charge >= 0.3 is 0 Å². The fraction of sp³-hybridized carbons (Fsp3) is 0.0500. The van der Waals surface area contributed by atoms with E-state index >= 15 is 0 Å². The van der Waals surface area contributed by atoms with Gasteiger partial charge in [0.1, 0.15) is 12.4 Å². The summed E-state index contributed by atoms with van der Waals surface area (Å²) in [6.45, 7) is 0.304. The number of ether oxygens (including phenoxy) is 1. The van der Waals surface area contributed by atoms with Crippen molar-refractivity contribution in [2.24, 2.45) is 4.99 Å². The molecule has 0 saturated carbocycles. The van der Waals surface area contributed by atoms with Gasteiger partial charge in [0.25, 0.3) is 5.69 Å². The highest BCUT2D eigenvalue weighted by atomic mass is 79.9.